The van der Waals surface area contributed by atoms with Gasteiger partial charge in [-0.1, -0.05) is 11.6 Å². The number of nitro groups is 1. The second-order valence-electron chi connectivity index (χ2n) is 5.80. The van der Waals surface area contributed by atoms with Crippen molar-refractivity contribution >= 4 is 28.9 Å². The highest BCUT2D eigenvalue weighted by atomic mass is 35.5. The van der Waals surface area contributed by atoms with Crippen LogP contribution in [0.1, 0.15) is 11.3 Å². The minimum Gasteiger partial charge on any atom is -0.617 e. The third-order valence-corrected chi connectivity index (χ3v) is 5.06. The summed E-state index contributed by atoms with van der Waals surface area (Å²) >= 11 is 12.3. The van der Waals surface area contributed by atoms with E-state index in [1.165, 1.54) is 19.3 Å². The molecule has 0 aliphatic heterocycles. The lowest BCUT2D eigenvalue weighted by atomic mass is 10.0. The number of benzene rings is 1. The van der Waals surface area contributed by atoms with E-state index in [1.807, 2.05) is 0 Å². The predicted octanol–water partition coefficient (Wildman–Crippen LogP) is 4.49. The fourth-order valence-corrected chi connectivity index (χ4v) is 3.22. The van der Waals surface area contributed by atoms with Crippen molar-refractivity contribution in [3.63, 3.8) is 0 Å². The average molecular weight is 411 g/mol. The first-order valence-electron chi connectivity index (χ1n) is 7.50. The molecule has 0 unspecified atom stereocenters. The van der Waals surface area contributed by atoms with E-state index in [0.717, 1.165) is 12.1 Å². The maximum atomic E-state index is 12.1. The highest BCUT2D eigenvalue weighted by Crippen LogP contribution is 2.41. The SMILES string of the molecule is Cc1c(Cl)c(C)[n+]([O-])c(Cl)c1-c1cc(-c2cc(O)c(O)c([N+](=O)[O-])c2)co1. The molecule has 27 heavy (non-hydrogen) atoms. The standard InChI is InChI=1S/C17H12Cl2N2O6/c1-7-14(17(19)20(24)8(2)15(7)18)13-5-10(6-27-13)9-3-11(21(25)26)16(23)12(22)4-9/h3-6,22-23H,1-2H3. The summed E-state index contributed by atoms with van der Waals surface area (Å²) in [5.41, 5.74) is 1.01. The minimum atomic E-state index is -0.830. The van der Waals surface area contributed by atoms with Crippen molar-refractivity contribution in [3.05, 3.63) is 61.2 Å². The van der Waals surface area contributed by atoms with Gasteiger partial charge in [0.25, 0.3) is 5.15 Å². The van der Waals surface area contributed by atoms with Crippen LogP contribution in [0.5, 0.6) is 11.5 Å². The van der Waals surface area contributed by atoms with Crippen molar-refractivity contribution in [1.82, 2.24) is 0 Å². The fourth-order valence-electron chi connectivity index (χ4n) is 2.69. The molecule has 0 atom stereocenters. The Bertz CT molecular complexity index is 1060. The van der Waals surface area contributed by atoms with Crippen LogP contribution in [0.25, 0.3) is 22.5 Å². The number of aromatic hydroxyl groups is 2. The maximum absolute atomic E-state index is 12.1. The van der Waals surface area contributed by atoms with Crippen LogP contribution in [0.2, 0.25) is 10.2 Å². The van der Waals surface area contributed by atoms with E-state index in [1.54, 1.807) is 6.92 Å². The fraction of sp³-hybridized carbons (Fsp3) is 0.118. The summed E-state index contributed by atoms with van der Waals surface area (Å²) in [6.45, 7) is 3.21. The van der Waals surface area contributed by atoms with Gasteiger partial charge in [0.15, 0.2) is 5.75 Å². The van der Waals surface area contributed by atoms with Crippen LogP contribution >= 0.6 is 23.2 Å². The zero-order valence-corrected chi connectivity index (χ0v) is 15.5. The summed E-state index contributed by atoms with van der Waals surface area (Å²) in [6, 6.07) is 3.74. The number of phenolic OH excluding ortho intramolecular Hbond substituents is 2. The number of furan rings is 1. The molecule has 3 aromatic rings. The van der Waals surface area contributed by atoms with Crippen molar-refractivity contribution in [1.29, 1.82) is 0 Å². The van der Waals surface area contributed by atoms with Gasteiger partial charge < -0.3 is 19.8 Å². The Morgan fingerprint density at radius 2 is 1.81 bits per heavy atom. The third-order valence-electron chi connectivity index (χ3n) is 4.16. The topological polar surface area (TPSA) is 124 Å². The molecule has 0 saturated carbocycles. The molecule has 0 bridgehead atoms. The Labute approximate surface area is 162 Å². The van der Waals surface area contributed by atoms with Crippen molar-refractivity contribution in [2.75, 3.05) is 0 Å². The van der Waals surface area contributed by atoms with Crippen molar-refractivity contribution in [3.8, 4) is 33.9 Å². The van der Waals surface area contributed by atoms with E-state index < -0.39 is 22.1 Å². The van der Waals surface area contributed by atoms with Crippen LogP contribution in [0.3, 0.4) is 0 Å². The van der Waals surface area contributed by atoms with Gasteiger partial charge in [-0.2, -0.15) is 4.73 Å². The molecule has 0 radical (unpaired) electrons. The van der Waals surface area contributed by atoms with Crippen LogP contribution in [0.15, 0.2) is 28.9 Å². The van der Waals surface area contributed by atoms with Crippen molar-refractivity contribution in [2.24, 2.45) is 0 Å². The highest BCUT2D eigenvalue weighted by Gasteiger charge is 2.26. The second kappa shape index (κ2) is 6.64. The highest BCUT2D eigenvalue weighted by molar-refractivity contribution is 6.34. The number of hydrogen-bond donors (Lipinski definition) is 2. The zero-order valence-electron chi connectivity index (χ0n) is 14.0. The molecule has 8 nitrogen and oxygen atoms in total. The summed E-state index contributed by atoms with van der Waals surface area (Å²) in [5, 5.41) is 42.6. The number of rotatable bonds is 3. The Balaban J connectivity index is 2.17. The summed E-state index contributed by atoms with van der Waals surface area (Å²) in [7, 11) is 0. The van der Waals surface area contributed by atoms with Crippen molar-refractivity contribution < 1.29 is 24.3 Å². The monoisotopic (exact) mass is 410 g/mol. The van der Waals surface area contributed by atoms with Gasteiger partial charge in [-0.3, -0.25) is 10.1 Å². The van der Waals surface area contributed by atoms with Crippen LogP contribution in [-0.4, -0.2) is 15.1 Å². The predicted molar refractivity (Wildman–Crippen MR) is 98.0 cm³/mol. The number of nitro benzene ring substituents is 1. The third kappa shape index (κ3) is 3.02. The average Bonchev–Trinajstić information content (AvgIpc) is 3.10. The molecule has 1 aromatic carbocycles. The van der Waals surface area contributed by atoms with E-state index >= 15 is 0 Å². The van der Waals surface area contributed by atoms with Gasteiger partial charge >= 0.3 is 5.69 Å². The van der Waals surface area contributed by atoms with Gasteiger partial charge in [-0.05, 0) is 41.8 Å². The van der Waals surface area contributed by atoms with Gasteiger partial charge in [0.1, 0.15) is 16.3 Å². The van der Waals surface area contributed by atoms with E-state index in [4.69, 9.17) is 27.6 Å². The van der Waals surface area contributed by atoms with E-state index in [-0.39, 0.29) is 32.8 Å². The first kappa shape index (κ1) is 18.8. The molecular weight excluding hydrogens is 399 g/mol. The smallest absolute Gasteiger partial charge is 0.315 e. The zero-order chi connectivity index (χ0) is 20.0. The van der Waals surface area contributed by atoms with E-state index in [9.17, 15) is 25.5 Å². The molecule has 0 aliphatic carbocycles. The molecular formula is C17H12Cl2N2O6. The number of hydrogen-bond acceptors (Lipinski definition) is 6. The molecule has 0 spiro atoms. The molecule has 0 fully saturated rings. The lowest BCUT2D eigenvalue weighted by Gasteiger charge is -2.11. The Kier molecular flexibility index (Phi) is 4.63. The first-order valence-corrected chi connectivity index (χ1v) is 8.26. The normalized spacial score (nSPS) is 11.0. The summed E-state index contributed by atoms with van der Waals surface area (Å²) in [4.78, 5) is 10.2. The first-order chi connectivity index (χ1) is 12.6. The van der Waals surface area contributed by atoms with Crippen LogP contribution in [0, 0.1) is 29.2 Å². The number of nitrogens with zero attached hydrogens (tertiary/aromatic N) is 2. The molecule has 140 valence electrons. The molecule has 2 N–H and O–H groups in total. The van der Waals surface area contributed by atoms with Gasteiger partial charge in [0.05, 0.1) is 11.2 Å². The van der Waals surface area contributed by atoms with Gasteiger partial charge in [0, 0.05) is 18.6 Å². The Morgan fingerprint density at radius 1 is 1.15 bits per heavy atom. The van der Waals surface area contributed by atoms with Gasteiger partial charge in [-0.15, -0.1) is 0 Å². The summed E-state index contributed by atoms with van der Waals surface area (Å²) in [6.07, 6.45) is 1.28. The van der Waals surface area contributed by atoms with Crippen LogP contribution < -0.4 is 4.73 Å². The molecule has 0 amide bonds. The molecule has 10 heteroatoms. The Hall–Kier alpha value is -2.97. The number of halogens is 2. The Morgan fingerprint density at radius 3 is 2.44 bits per heavy atom. The van der Waals surface area contributed by atoms with E-state index in [0.29, 0.717) is 15.9 Å². The van der Waals surface area contributed by atoms with E-state index in [2.05, 4.69) is 0 Å². The second-order valence-corrected chi connectivity index (χ2v) is 6.54. The van der Waals surface area contributed by atoms with Crippen molar-refractivity contribution in [2.45, 2.75) is 13.8 Å². The molecule has 3 rings (SSSR count). The van der Waals surface area contributed by atoms with Crippen LogP contribution in [-0.2, 0) is 0 Å². The molecule has 2 aromatic heterocycles. The maximum Gasteiger partial charge on any atom is 0.315 e. The van der Waals surface area contributed by atoms with Gasteiger partial charge in [-0.25, -0.2) is 0 Å². The van der Waals surface area contributed by atoms with Crippen LogP contribution in [0.4, 0.5) is 5.69 Å². The quantitative estimate of drug-likeness (QED) is 0.163. The van der Waals surface area contributed by atoms with Gasteiger partial charge in [0.2, 0.25) is 11.4 Å². The lowest BCUT2D eigenvalue weighted by Crippen LogP contribution is -2.33. The largest absolute Gasteiger partial charge is 0.617 e. The summed E-state index contributed by atoms with van der Waals surface area (Å²) in [5.74, 6) is -1.26. The minimum absolute atomic E-state index is 0.130. The number of aromatic nitrogens is 1. The molecule has 2 heterocycles. The lowest BCUT2D eigenvalue weighted by molar-refractivity contribution is -0.609. The number of pyridine rings is 1. The number of phenols is 2. The molecule has 0 aliphatic rings. The summed E-state index contributed by atoms with van der Waals surface area (Å²) < 4.78 is 5.96. The molecule has 0 saturated heterocycles.